The van der Waals surface area contributed by atoms with E-state index in [1.54, 1.807) is 24.3 Å². The van der Waals surface area contributed by atoms with E-state index in [9.17, 15) is 9.59 Å². The van der Waals surface area contributed by atoms with Gasteiger partial charge in [0, 0.05) is 43.5 Å². The molecule has 28 heavy (non-hydrogen) atoms. The Morgan fingerprint density at radius 2 is 1.64 bits per heavy atom. The highest BCUT2D eigenvalue weighted by Gasteiger charge is 2.12. The topological polar surface area (TPSA) is 50.3 Å². The summed E-state index contributed by atoms with van der Waals surface area (Å²) in [6, 6.07) is 17.4. The van der Waals surface area contributed by atoms with Crippen molar-refractivity contribution in [1.82, 2.24) is 4.98 Å². The van der Waals surface area contributed by atoms with Crippen LogP contribution in [0.2, 0.25) is 0 Å². The number of pyridine rings is 1. The highest BCUT2D eigenvalue weighted by Crippen LogP contribution is 2.28. The van der Waals surface area contributed by atoms with Crippen LogP contribution in [0.15, 0.2) is 67.0 Å². The summed E-state index contributed by atoms with van der Waals surface area (Å²) >= 11 is 0. The van der Waals surface area contributed by atoms with Crippen LogP contribution in [0.1, 0.15) is 34.8 Å². The smallest absolute Gasteiger partial charge is 0.226 e. The van der Waals surface area contributed by atoms with E-state index < -0.39 is 0 Å². The molecule has 142 valence electrons. The first-order valence-corrected chi connectivity index (χ1v) is 9.39. The summed E-state index contributed by atoms with van der Waals surface area (Å²) in [5, 5.41) is 0. The normalized spacial score (nSPS) is 10.5. The molecular formula is C24H24N2O2. The van der Waals surface area contributed by atoms with Crippen LogP contribution in [0, 0.1) is 6.92 Å². The zero-order valence-corrected chi connectivity index (χ0v) is 16.5. The Hall–Kier alpha value is -3.27. The molecule has 1 aromatic heterocycles. The molecule has 1 amide bonds. The van der Waals surface area contributed by atoms with Gasteiger partial charge in [-0.15, -0.1) is 0 Å². The maximum absolute atomic E-state index is 12.5. The van der Waals surface area contributed by atoms with Crippen molar-refractivity contribution in [3.05, 3.63) is 83.7 Å². The number of carbonyl (C=O) groups excluding carboxylic acids is 2. The fraction of sp³-hybridized carbons (Fsp3) is 0.208. The molecular weight excluding hydrogens is 348 g/mol. The second kappa shape index (κ2) is 8.61. The van der Waals surface area contributed by atoms with Crippen LogP contribution in [0.5, 0.6) is 0 Å². The molecule has 0 radical (unpaired) electrons. The minimum atomic E-state index is 0.0872. The van der Waals surface area contributed by atoms with Gasteiger partial charge in [0.25, 0.3) is 0 Å². The fourth-order valence-electron chi connectivity index (χ4n) is 3.19. The van der Waals surface area contributed by atoms with Crippen LogP contribution < -0.4 is 4.90 Å². The quantitative estimate of drug-likeness (QED) is 0.581. The Bertz CT molecular complexity index is 979. The maximum Gasteiger partial charge on any atom is 0.226 e. The van der Waals surface area contributed by atoms with Crippen molar-refractivity contribution in [3.63, 3.8) is 0 Å². The monoisotopic (exact) mass is 372 g/mol. The Balaban J connectivity index is 1.78. The summed E-state index contributed by atoms with van der Waals surface area (Å²) in [6.45, 7) is 3.89. The SMILES string of the molecule is CCC(=O)N(C)c1ccc(-c2ccc(C(=O)Cc3ccncc3)cc2)c(C)c1. The predicted molar refractivity (Wildman–Crippen MR) is 113 cm³/mol. The van der Waals surface area contributed by atoms with Crippen LogP contribution in [0.25, 0.3) is 11.1 Å². The number of hydrogen-bond acceptors (Lipinski definition) is 3. The summed E-state index contributed by atoms with van der Waals surface area (Å²) in [5.74, 6) is 0.175. The minimum Gasteiger partial charge on any atom is -0.316 e. The first kappa shape index (κ1) is 19.5. The van der Waals surface area contributed by atoms with Crippen molar-refractivity contribution in [1.29, 1.82) is 0 Å². The highest BCUT2D eigenvalue weighted by molar-refractivity contribution is 5.98. The second-order valence-electron chi connectivity index (χ2n) is 6.84. The molecule has 0 saturated carbocycles. The highest BCUT2D eigenvalue weighted by atomic mass is 16.2. The number of ketones is 1. The molecule has 0 unspecified atom stereocenters. The van der Waals surface area contributed by atoms with Gasteiger partial charge in [0.1, 0.15) is 0 Å². The van der Waals surface area contributed by atoms with E-state index in [2.05, 4.69) is 4.98 Å². The lowest BCUT2D eigenvalue weighted by atomic mass is 9.97. The Morgan fingerprint density at radius 3 is 2.25 bits per heavy atom. The number of aromatic nitrogens is 1. The number of benzene rings is 2. The number of hydrogen-bond donors (Lipinski definition) is 0. The van der Waals surface area contributed by atoms with E-state index in [4.69, 9.17) is 0 Å². The van der Waals surface area contributed by atoms with Crippen LogP contribution >= 0.6 is 0 Å². The lowest BCUT2D eigenvalue weighted by molar-refractivity contribution is -0.118. The largest absolute Gasteiger partial charge is 0.316 e. The van der Waals surface area contributed by atoms with Gasteiger partial charge in [-0.1, -0.05) is 37.3 Å². The number of nitrogens with zero attached hydrogens (tertiary/aromatic N) is 2. The van der Waals surface area contributed by atoms with Gasteiger partial charge in [0.2, 0.25) is 5.91 Å². The first-order chi connectivity index (χ1) is 13.5. The van der Waals surface area contributed by atoms with Crippen LogP contribution in [-0.2, 0) is 11.2 Å². The van der Waals surface area contributed by atoms with E-state index in [0.717, 1.165) is 27.9 Å². The molecule has 0 saturated heterocycles. The summed E-state index contributed by atoms with van der Waals surface area (Å²) in [6.07, 6.45) is 4.24. The number of Topliss-reactive ketones (excluding diaryl/α,β-unsaturated/α-hetero) is 1. The van der Waals surface area contributed by atoms with Gasteiger partial charge in [-0.2, -0.15) is 0 Å². The average molecular weight is 372 g/mol. The number of anilines is 1. The molecule has 4 heteroatoms. The molecule has 0 aliphatic heterocycles. The van der Waals surface area contributed by atoms with E-state index in [-0.39, 0.29) is 11.7 Å². The molecule has 3 aromatic rings. The van der Waals surface area contributed by atoms with Crippen molar-refractivity contribution >= 4 is 17.4 Å². The third-order valence-corrected chi connectivity index (χ3v) is 4.91. The fourth-order valence-corrected chi connectivity index (χ4v) is 3.19. The zero-order valence-electron chi connectivity index (χ0n) is 16.5. The van der Waals surface area contributed by atoms with E-state index in [1.807, 2.05) is 68.4 Å². The Kier molecular flexibility index (Phi) is 5.99. The second-order valence-corrected chi connectivity index (χ2v) is 6.84. The average Bonchev–Trinajstić information content (AvgIpc) is 2.73. The van der Waals surface area contributed by atoms with E-state index >= 15 is 0 Å². The summed E-state index contributed by atoms with van der Waals surface area (Å²) in [4.78, 5) is 30.0. The van der Waals surface area contributed by atoms with E-state index in [1.165, 1.54) is 0 Å². The van der Waals surface area contributed by atoms with E-state index in [0.29, 0.717) is 18.4 Å². The van der Waals surface area contributed by atoms with Gasteiger partial charge < -0.3 is 4.90 Å². The third-order valence-electron chi connectivity index (χ3n) is 4.91. The zero-order chi connectivity index (χ0) is 20.1. The van der Waals surface area contributed by atoms with Crippen molar-refractivity contribution < 1.29 is 9.59 Å². The van der Waals surface area contributed by atoms with Gasteiger partial charge in [0.05, 0.1) is 0 Å². The van der Waals surface area contributed by atoms with Gasteiger partial charge in [-0.25, -0.2) is 0 Å². The Labute approximate surface area is 165 Å². The number of amides is 1. The summed E-state index contributed by atoms with van der Waals surface area (Å²) in [7, 11) is 1.80. The van der Waals surface area contributed by atoms with Crippen LogP contribution in [0.3, 0.4) is 0 Å². The van der Waals surface area contributed by atoms with Gasteiger partial charge in [-0.3, -0.25) is 14.6 Å². The molecule has 3 rings (SSSR count). The predicted octanol–water partition coefficient (Wildman–Crippen LogP) is 4.86. The molecule has 2 aromatic carbocycles. The molecule has 0 fully saturated rings. The van der Waals surface area contributed by atoms with Crippen LogP contribution in [-0.4, -0.2) is 23.7 Å². The minimum absolute atomic E-state index is 0.0872. The van der Waals surface area contributed by atoms with Gasteiger partial charge in [-0.05, 0) is 53.4 Å². The summed E-state index contributed by atoms with van der Waals surface area (Å²) < 4.78 is 0. The number of rotatable bonds is 6. The van der Waals surface area contributed by atoms with Crippen molar-refractivity contribution in [3.8, 4) is 11.1 Å². The molecule has 4 nitrogen and oxygen atoms in total. The number of carbonyl (C=O) groups is 2. The Morgan fingerprint density at radius 1 is 0.964 bits per heavy atom. The lowest BCUT2D eigenvalue weighted by Gasteiger charge is -2.18. The molecule has 0 N–H and O–H groups in total. The van der Waals surface area contributed by atoms with Crippen molar-refractivity contribution in [2.75, 3.05) is 11.9 Å². The van der Waals surface area contributed by atoms with Crippen molar-refractivity contribution in [2.24, 2.45) is 0 Å². The maximum atomic E-state index is 12.5. The molecule has 0 spiro atoms. The summed E-state index contributed by atoms with van der Waals surface area (Å²) in [5.41, 5.74) is 5.77. The lowest BCUT2D eigenvalue weighted by Crippen LogP contribution is -2.25. The van der Waals surface area contributed by atoms with Gasteiger partial charge in [0.15, 0.2) is 5.78 Å². The molecule has 0 bridgehead atoms. The first-order valence-electron chi connectivity index (χ1n) is 9.39. The standard InChI is InChI=1S/C24H24N2O2/c1-4-24(28)26(3)21-9-10-22(17(2)15-21)19-5-7-20(8-6-19)23(27)16-18-11-13-25-14-12-18/h5-15H,4,16H2,1-3H3. The van der Waals surface area contributed by atoms with Crippen molar-refractivity contribution in [2.45, 2.75) is 26.7 Å². The molecule has 0 aliphatic rings. The molecule has 1 heterocycles. The molecule has 0 aliphatic carbocycles. The van der Waals surface area contributed by atoms with Crippen LogP contribution in [0.4, 0.5) is 5.69 Å². The number of aryl methyl sites for hydroxylation is 1. The molecule has 0 atom stereocenters. The van der Waals surface area contributed by atoms with Gasteiger partial charge >= 0.3 is 0 Å². The third kappa shape index (κ3) is 4.34.